The minimum Gasteiger partial charge on any atom is -0.393 e. The Morgan fingerprint density at radius 1 is 1.47 bits per heavy atom. The fraction of sp³-hybridized carbons (Fsp3) is 0.615. The molecule has 0 atom stereocenters. The highest BCUT2D eigenvalue weighted by Gasteiger charge is 2.28. The number of nitrogens with one attached hydrogen (secondary N) is 1. The van der Waals surface area contributed by atoms with Gasteiger partial charge in [-0.3, -0.25) is 9.59 Å². The maximum Gasteiger partial charge on any atom is 0.279 e. The van der Waals surface area contributed by atoms with Gasteiger partial charge in [-0.15, -0.1) is 0 Å². The van der Waals surface area contributed by atoms with Gasteiger partial charge in [0.1, 0.15) is 5.56 Å². The molecule has 0 unspecified atom stereocenters. The number of nitrogens with zero attached hydrogens (tertiary/aromatic N) is 2. The number of hydrogen-bond donors (Lipinski definition) is 2. The topological polar surface area (TPSA) is 84.2 Å². The maximum atomic E-state index is 12.1. The van der Waals surface area contributed by atoms with E-state index < -0.39 is 0 Å². The second-order valence-corrected chi connectivity index (χ2v) is 5.22. The van der Waals surface area contributed by atoms with Crippen LogP contribution in [0.25, 0.3) is 0 Å². The van der Waals surface area contributed by atoms with Crippen molar-refractivity contribution in [2.45, 2.75) is 32.8 Å². The summed E-state index contributed by atoms with van der Waals surface area (Å²) in [6.07, 6.45) is 1.19. The molecule has 1 aromatic heterocycles. The summed E-state index contributed by atoms with van der Waals surface area (Å²) in [4.78, 5) is 24.1. The summed E-state index contributed by atoms with van der Waals surface area (Å²) in [6, 6.07) is 0. The molecule has 104 valence electrons. The van der Waals surface area contributed by atoms with Crippen molar-refractivity contribution in [2.24, 2.45) is 13.0 Å². The van der Waals surface area contributed by atoms with E-state index in [0.29, 0.717) is 36.6 Å². The van der Waals surface area contributed by atoms with E-state index >= 15 is 0 Å². The molecule has 2 rings (SSSR count). The Morgan fingerprint density at radius 3 is 2.68 bits per heavy atom. The standard InChI is InChI=1S/C13H19N3O3/c1-7-8(2)15-16(3)13(19)11(7)12(18)14-6-9-4-10(17)5-9/h9-10,17H,4-6H2,1-3H3,(H,14,18). The predicted octanol–water partition coefficient (Wildman–Crippen LogP) is -0.102. The lowest BCUT2D eigenvalue weighted by molar-refractivity contribution is 0.0420. The Kier molecular flexibility index (Phi) is 3.71. The average Bonchev–Trinajstić information content (AvgIpc) is 2.31. The number of aliphatic hydroxyl groups excluding tert-OH is 1. The van der Waals surface area contributed by atoms with Crippen LogP contribution in [0.3, 0.4) is 0 Å². The van der Waals surface area contributed by atoms with Crippen molar-refractivity contribution in [1.29, 1.82) is 0 Å². The Morgan fingerprint density at radius 2 is 2.11 bits per heavy atom. The fourth-order valence-corrected chi connectivity index (χ4v) is 2.31. The van der Waals surface area contributed by atoms with Crippen LogP contribution in [0, 0.1) is 19.8 Å². The van der Waals surface area contributed by atoms with Gasteiger partial charge in [0, 0.05) is 13.6 Å². The third-order valence-corrected chi connectivity index (χ3v) is 3.71. The lowest BCUT2D eigenvalue weighted by Crippen LogP contribution is -2.41. The molecule has 1 fully saturated rings. The molecule has 0 aliphatic heterocycles. The molecule has 1 amide bonds. The van der Waals surface area contributed by atoms with Crippen molar-refractivity contribution < 1.29 is 9.90 Å². The molecule has 1 aromatic rings. The van der Waals surface area contributed by atoms with Crippen LogP contribution in [-0.4, -0.2) is 33.4 Å². The minimum atomic E-state index is -0.380. The summed E-state index contributed by atoms with van der Waals surface area (Å²) >= 11 is 0. The highest BCUT2D eigenvalue weighted by atomic mass is 16.3. The molecule has 6 nitrogen and oxygen atoms in total. The second-order valence-electron chi connectivity index (χ2n) is 5.22. The summed E-state index contributed by atoms with van der Waals surface area (Å²) in [5, 5.41) is 16.0. The lowest BCUT2D eigenvalue weighted by Gasteiger charge is -2.31. The zero-order chi connectivity index (χ0) is 14.2. The third kappa shape index (κ3) is 2.68. The SMILES string of the molecule is Cc1nn(C)c(=O)c(C(=O)NCC2CC(O)C2)c1C. The number of aromatic nitrogens is 2. The van der Waals surface area contributed by atoms with Crippen molar-refractivity contribution in [2.75, 3.05) is 6.54 Å². The molecular weight excluding hydrogens is 246 g/mol. The summed E-state index contributed by atoms with van der Waals surface area (Å²) in [5.41, 5.74) is 1.07. The maximum absolute atomic E-state index is 12.1. The first-order chi connectivity index (χ1) is 8.90. The largest absolute Gasteiger partial charge is 0.393 e. The predicted molar refractivity (Wildman–Crippen MR) is 70.0 cm³/mol. The monoisotopic (exact) mass is 265 g/mol. The van der Waals surface area contributed by atoms with Crippen LogP contribution in [0.2, 0.25) is 0 Å². The van der Waals surface area contributed by atoms with Crippen LogP contribution < -0.4 is 10.9 Å². The number of carbonyl (C=O) groups is 1. The van der Waals surface area contributed by atoms with Crippen LogP contribution in [0.15, 0.2) is 4.79 Å². The molecule has 1 saturated carbocycles. The first-order valence-electron chi connectivity index (χ1n) is 6.41. The summed E-state index contributed by atoms with van der Waals surface area (Å²) in [5.74, 6) is -0.0453. The average molecular weight is 265 g/mol. The molecule has 19 heavy (non-hydrogen) atoms. The smallest absolute Gasteiger partial charge is 0.279 e. The molecule has 0 radical (unpaired) electrons. The van der Waals surface area contributed by atoms with Gasteiger partial charge in [0.05, 0.1) is 11.8 Å². The number of aryl methyl sites for hydroxylation is 2. The molecule has 2 N–H and O–H groups in total. The minimum absolute atomic E-state index is 0.162. The molecule has 1 aliphatic rings. The van der Waals surface area contributed by atoms with Crippen LogP contribution in [0.4, 0.5) is 0 Å². The van der Waals surface area contributed by atoms with Crippen LogP contribution in [-0.2, 0) is 7.05 Å². The van der Waals surface area contributed by atoms with Crippen molar-refractivity contribution in [3.05, 3.63) is 27.2 Å². The van der Waals surface area contributed by atoms with Crippen LogP contribution in [0.1, 0.15) is 34.5 Å². The highest BCUT2D eigenvalue weighted by molar-refractivity contribution is 5.95. The van der Waals surface area contributed by atoms with E-state index in [1.807, 2.05) is 0 Å². The Labute approximate surface area is 111 Å². The van der Waals surface area contributed by atoms with Gasteiger partial charge in [-0.05, 0) is 38.2 Å². The van der Waals surface area contributed by atoms with Gasteiger partial charge in [0.25, 0.3) is 11.5 Å². The van der Waals surface area contributed by atoms with Crippen LogP contribution >= 0.6 is 0 Å². The van der Waals surface area contributed by atoms with Gasteiger partial charge in [-0.1, -0.05) is 0 Å². The Bertz CT molecular complexity index is 559. The van der Waals surface area contributed by atoms with Gasteiger partial charge in [-0.2, -0.15) is 5.10 Å². The molecular formula is C13H19N3O3. The van der Waals surface area contributed by atoms with E-state index in [2.05, 4.69) is 10.4 Å². The van der Waals surface area contributed by atoms with E-state index in [-0.39, 0.29) is 23.1 Å². The van der Waals surface area contributed by atoms with Crippen molar-refractivity contribution >= 4 is 5.91 Å². The molecule has 0 aromatic carbocycles. The van der Waals surface area contributed by atoms with Gasteiger partial charge < -0.3 is 10.4 Å². The molecule has 1 aliphatic carbocycles. The van der Waals surface area contributed by atoms with E-state index in [1.165, 1.54) is 11.7 Å². The third-order valence-electron chi connectivity index (χ3n) is 3.71. The molecule has 6 heteroatoms. The van der Waals surface area contributed by atoms with Gasteiger partial charge in [0.15, 0.2) is 0 Å². The van der Waals surface area contributed by atoms with Gasteiger partial charge in [-0.25, -0.2) is 4.68 Å². The molecule has 0 saturated heterocycles. The fourth-order valence-electron chi connectivity index (χ4n) is 2.31. The quantitative estimate of drug-likeness (QED) is 0.799. The van der Waals surface area contributed by atoms with Crippen molar-refractivity contribution in [3.8, 4) is 0 Å². The van der Waals surface area contributed by atoms with Crippen molar-refractivity contribution in [3.63, 3.8) is 0 Å². The van der Waals surface area contributed by atoms with E-state index in [1.54, 1.807) is 13.8 Å². The Balaban J connectivity index is 2.13. The number of hydrogen-bond acceptors (Lipinski definition) is 4. The van der Waals surface area contributed by atoms with Gasteiger partial charge >= 0.3 is 0 Å². The number of aliphatic hydroxyl groups is 1. The zero-order valence-corrected chi connectivity index (χ0v) is 11.4. The second kappa shape index (κ2) is 5.13. The zero-order valence-electron chi connectivity index (χ0n) is 11.4. The van der Waals surface area contributed by atoms with Crippen LogP contribution in [0.5, 0.6) is 0 Å². The highest BCUT2D eigenvalue weighted by Crippen LogP contribution is 2.26. The Hall–Kier alpha value is -1.69. The number of amides is 1. The first kappa shape index (κ1) is 13.7. The van der Waals surface area contributed by atoms with E-state index in [4.69, 9.17) is 0 Å². The van der Waals surface area contributed by atoms with Gasteiger partial charge in [0.2, 0.25) is 0 Å². The van der Waals surface area contributed by atoms with Crippen molar-refractivity contribution in [1.82, 2.24) is 15.1 Å². The first-order valence-corrected chi connectivity index (χ1v) is 6.41. The molecule has 0 bridgehead atoms. The van der Waals surface area contributed by atoms with E-state index in [9.17, 15) is 14.7 Å². The summed E-state index contributed by atoms with van der Waals surface area (Å²) < 4.78 is 1.18. The molecule has 1 heterocycles. The normalized spacial score (nSPS) is 21.9. The lowest BCUT2D eigenvalue weighted by atomic mass is 9.82. The summed E-state index contributed by atoms with van der Waals surface area (Å²) in [6.45, 7) is 4.00. The molecule has 0 spiro atoms. The number of carbonyl (C=O) groups excluding carboxylic acids is 1. The summed E-state index contributed by atoms with van der Waals surface area (Å²) in [7, 11) is 1.54. The number of rotatable bonds is 3. The van der Waals surface area contributed by atoms with E-state index in [0.717, 1.165) is 0 Å².